The van der Waals surface area contributed by atoms with Crippen LogP contribution in [0.4, 0.5) is 11.4 Å². The molecule has 2 aliphatic rings. The van der Waals surface area contributed by atoms with Gasteiger partial charge in [0.1, 0.15) is 0 Å². The summed E-state index contributed by atoms with van der Waals surface area (Å²) >= 11 is 0. The van der Waals surface area contributed by atoms with Crippen LogP contribution in [0.1, 0.15) is 39.1 Å². The number of benzene rings is 3. The lowest BCUT2D eigenvalue weighted by Gasteiger charge is -2.17. The number of amides is 2. The summed E-state index contributed by atoms with van der Waals surface area (Å²) in [5.74, 6) is -0.434. The predicted molar refractivity (Wildman–Crippen MR) is 126 cm³/mol. The van der Waals surface area contributed by atoms with E-state index in [1.165, 1.54) is 24.3 Å². The zero-order chi connectivity index (χ0) is 23.0. The van der Waals surface area contributed by atoms with E-state index in [4.69, 9.17) is 0 Å². The molecule has 3 aromatic rings. The van der Waals surface area contributed by atoms with Crippen LogP contribution in [0.3, 0.4) is 0 Å². The van der Waals surface area contributed by atoms with Crippen LogP contribution in [0.15, 0.2) is 77.7 Å². The van der Waals surface area contributed by atoms with Crippen LogP contribution in [-0.4, -0.2) is 32.8 Å². The van der Waals surface area contributed by atoms with E-state index in [0.29, 0.717) is 23.4 Å². The number of carbonyl (C=O) groups excluding carboxylic acids is 2. The van der Waals surface area contributed by atoms with Crippen LogP contribution in [0.5, 0.6) is 0 Å². The highest BCUT2D eigenvalue weighted by atomic mass is 32.2. The van der Waals surface area contributed by atoms with Crippen molar-refractivity contribution in [3.05, 3.63) is 89.5 Å². The number of anilines is 2. The Hall–Kier alpha value is -3.49. The molecular weight excluding hydrogens is 438 g/mol. The summed E-state index contributed by atoms with van der Waals surface area (Å²) in [5.41, 5.74) is 3.54. The van der Waals surface area contributed by atoms with Gasteiger partial charge >= 0.3 is 0 Å². The molecule has 0 bridgehead atoms. The lowest BCUT2D eigenvalue weighted by Crippen LogP contribution is -2.28. The van der Waals surface area contributed by atoms with Crippen molar-refractivity contribution in [2.24, 2.45) is 0 Å². The minimum atomic E-state index is -3.55. The molecule has 2 N–H and O–H groups in total. The van der Waals surface area contributed by atoms with Gasteiger partial charge in [-0.15, -0.1) is 0 Å². The molecule has 168 valence electrons. The monoisotopic (exact) mass is 461 g/mol. The van der Waals surface area contributed by atoms with Gasteiger partial charge < -0.3 is 10.2 Å². The van der Waals surface area contributed by atoms with Crippen LogP contribution < -0.4 is 14.9 Å². The van der Waals surface area contributed by atoms with Gasteiger partial charge in [0.15, 0.2) is 0 Å². The Morgan fingerprint density at radius 1 is 0.848 bits per heavy atom. The minimum absolute atomic E-state index is 0.0213. The van der Waals surface area contributed by atoms with E-state index in [0.717, 1.165) is 30.5 Å². The van der Waals surface area contributed by atoms with E-state index in [2.05, 4.69) is 10.0 Å². The summed E-state index contributed by atoms with van der Waals surface area (Å²) in [6.45, 7) is 0.651. The second-order valence-electron chi connectivity index (χ2n) is 8.29. The maximum absolute atomic E-state index is 12.9. The molecular formula is C25H23N3O4S. The van der Waals surface area contributed by atoms with Crippen molar-refractivity contribution in [2.45, 2.75) is 30.2 Å². The summed E-state index contributed by atoms with van der Waals surface area (Å²) in [6, 6.07) is 20.5. The van der Waals surface area contributed by atoms with E-state index in [-0.39, 0.29) is 22.8 Å². The van der Waals surface area contributed by atoms with Gasteiger partial charge in [-0.1, -0.05) is 18.2 Å². The summed E-state index contributed by atoms with van der Waals surface area (Å²) in [5, 5.41) is 2.78. The highest BCUT2D eigenvalue weighted by Gasteiger charge is 2.28. The van der Waals surface area contributed by atoms with Gasteiger partial charge in [0.25, 0.3) is 11.8 Å². The average Bonchev–Trinajstić information content (AvgIpc) is 3.53. The molecule has 2 amide bonds. The smallest absolute Gasteiger partial charge is 0.258 e. The first-order valence-electron chi connectivity index (χ1n) is 10.8. The standard InChI is InChI=1S/C25H23N3O4S/c29-24(18-7-13-22(14-8-18)33(31,32)27-21-11-12-21)26-20-9-5-19(6-10-20)25(30)28-16-15-17-3-1-2-4-23(17)28/h1-10,13-14,21,27H,11-12,15-16H2,(H,26,29). The van der Waals surface area contributed by atoms with Crippen molar-refractivity contribution in [1.29, 1.82) is 0 Å². The number of fused-ring (bicyclic) bond motifs is 1. The Balaban J connectivity index is 1.24. The molecule has 0 spiro atoms. The Labute approximate surface area is 192 Å². The first kappa shape index (κ1) is 21.4. The molecule has 1 saturated carbocycles. The lowest BCUT2D eigenvalue weighted by atomic mass is 10.1. The maximum atomic E-state index is 12.9. The van der Waals surface area contributed by atoms with Gasteiger partial charge in [0, 0.05) is 35.1 Å². The van der Waals surface area contributed by atoms with Crippen molar-refractivity contribution in [3.63, 3.8) is 0 Å². The lowest BCUT2D eigenvalue weighted by molar-refractivity contribution is 0.0988. The number of hydrogen-bond donors (Lipinski definition) is 2. The van der Waals surface area contributed by atoms with Crippen molar-refractivity contribution in [1.82, 2.24) is 4.72 Å². The van der Waals surface area contributed by atoms with E-state index < -0.39 is 10.0 Å². The zero-order valence-corrected chi connectivity index (χ0v) is 18.6. The van der Waals surface area contributed by atoms with Crippen LogP contribution >= 0.6 is 0 Å². The molecule has 0 unspecified atom stereocenters. The number of para-hydroxylation sites is 1. The molecule has 7 nitrogen and oxygen atoms in total. The average molecular weight is 462 g/mol. The van der Waals surface area contributed by atoms with Crippen LogP contribution in [0, 0.1) is 0 Å². The number of nitrogens with one attached hydrogen (secondary N) is 2. The topological polar surface area (TPSA) is 95.6 Å². The van der Waals surface area contributed by atoms with Gasteiger partial charge in [-0.2, -0.15) is 0 Å². The molecule has 3 aromatic carbocycles. The highest BCUT2D eigenvalue weighted by molar-refractivity contribution is 7.89. The van der Waals surface area contributed by atoms with E-state index >= 15 is 0 Å². The summed E-state index contributed by atoms with van der Waals surface area (Å²) in [4.78, 5) is 27.4. The Morgan fingerprint density at radius 3 is 2.21 bits per heavy atom. The molecule has 0 aromatic heterocycles. The van der Waals surface area contributed by atoms with Gasteiger partial charge in [-0.3, -0.25) is 9.59 Å². The largest absolute Gasteiger partial charge is 0.322 e. The van der Waals surface area contributed by atoms with E-state index in [9.17, 15) is 18.0 Å². The number of hydrogen-bond acceptors (Lipinski definition) is 4. The second kappa shape index (κ2) is 8.46. The number of sulfonamides is 1. The van der Waals surface area contributed by atoms with Gasteiger partial charge in [0.05, 0.1) is 4.90 Å². The summed E-state index contributed by atoms with van der Waals surface area (Å²) in [7, 11) is -3.55. The molecule has 0 atom stereocenters. The van der Waals surface area contributed by atoms with Gasteiger partial charge in [0.2, 0.25) is 10.0 Å². The Kier molecular flexibility index (Phi) is 5.47. The van der Waals surface area contributed by atoms with Crippen LogP contribution in [0.25, 0.3) is 0 Å². The molecule has 1 aliphatic heterocycles. The SMILES string of the molecule is O=C(Nc1ccc(C(=O)N2CCc3ccccc32)cc1)c1ccc(S(=O)(=O)NC2CC2)cc1. The second-order valence-corrected chi connectivity index (χ2v) is 10.0. The third-order valence-electron chi connectivity index (χ3n) is 5.85. The third kappa shape index (κ3) is 4.53. The molecule has 1 aliphatic carbocycles. The molecule has 1 heterocycles. The normalized spacial score (nSPS) is 15.2. The molecule has 5 rings (SSSR count). The minimum Gasteiger partial charge on any atom is -0.322 e. The molecule has 0 saturated heterocycles. The van der Waals surface area contributed by atoms with Crippen LogP contribution in [-0.2, 0) is 16.4 Å². The Bertz CT molecular complexity index is 1310. The predicted octanol–water partition coefficient (Wildman–Crippen LogP) is 3.58. The van der Waals surface area contributed by atoms with Crippen molar-refractivity contribution < 1.29 is 18.0 Å². The Morgan fingerprint density at radius 2 is 1.52 bits per heavy atom. The molecule has 1 fully saturated rings. The molecule has 8 heteroatoms. The van der Waals surface area contributed by atoms with Crippen molar-refractivity contribution in [2.75, 3.05) is 16.8 Å². The maximum Gasteiger partial charge on any atom is 0.258 e. The molecule has 0 radical (unpaired) electrons. The summed E-state index contributed by atoms with van der Waals surface area (Å²) in [6.07, 6.45) is 2.55. The third-order valence-corrected chi connectivity index (χ3v) is 7.38. The van der Waals surface area contributed by atoms with Gasteiger partial charge in [-0.25, -0.2) is 13.1 Å². The number of carbonyl (C=O) groups is 2. The van der Waals surface area contributed by atoms with Gasteiger partial charge in [-0.05, 0) is 79.4 Å². The van der Waals surface area contributed by atoms with E-state index in [1.54, 1.807) is 29.2 Å². The van der Waals surface area contributed by atoms with Crippen LogP contribution in [0.2, 0.25) is 0 Å². The fraction of sp³-hybridized carbons (Fsp3) is 0.200. The number of rotatable bonds is 6. The zero-order valence-electron chi connectivity index (χ0n) is 17.8. The fourth-order valence-corrected chi connectivity index (χ4v) is 5.18. The van der Waals surface area contributed by atoms with E-state index in [1.807, 2.05) is 24.3 Å². The van der Waals surface area contributed by atoms with Crippen molar-refractivity contribution >= 4 is 33.2 Å². The molecule has 33 heavy (non-hydrogen) atoms. The fourth-order valence-electron chi connectivity index (χ4n) is 3.88. The quantitative estimate of drug-likeness (QED) is 0.587. The first-order chi connectivity index (χ1) is 15.9. The first-order valence-corrected chi connectivity index (χ1v) is 12.3. The summed E-state index contributed by atoms with van der Waals surface area (Å²) < 4.78 is 27.1. The highest BCUT2D eigenvalue weighted by Crippen LogP contribution is 2.29. The number of nitrogens with zero attached hydrogens (tertiary/aromatic N) is 1. The van der Waals surface area contributed by atoms with Crippen molar-refractivity contribution in [3.8, 4) is 0 Å².